The van der Waals surface area contributed by atoms with Crippen molar-refractivity contribution in [1.82, 2.24) is 9.55 Å². The third-order valence-electron chi connectivity index (χ3n) is 6.06. The van der Waals surface area contributed by atoms with E-state index in [1.54, 1.807) is 0 Å². The van der Waals surface area contributed by atoms with Gasteiger partial charge in [-0.3, -0.25) is 4.79 Å². The highest BCUT2D eigenvalue weighted by Crippen LogP contribution is 2.26. The molecule has 3 aromatic carbocycles. The van der Waals surface area contributed by atoms with Crippen LogP contribution in [-0.2, 0) is 37.2 Å². The van der Waals surface area contributed by atoms with Crippen LogP contribution in [0.3, 0.4) is 0 Å². The molecule has 0 bridgehead atoms. The summed E-state index contributed by atoms with van der Waals surface area (Å²) in [5.74, 6) is 1.14. The van der Waals surface area contributed by atoms with Crippen LogP contribution in [0.4, 0.5) is 0 Å². The Labute approximate surface area is 208 Å². The largest absolute Gasteiger partial charge is 0.489 e. The molecule has 0 spiro atoms. The molecule has 6 heteroatoms. The Morgan fingerprint density at radius 3 is 2.59 bits per heavy atom. The number of ether oxygens (including phenoxy) is 1. The molecule has 0 saturated heterocycles. The number of fused-ring (bicyclic) bond motifs is 1. The predicted molar refractivity (Wildman–Crippen MR) is 138 cm³/mol. The molecule has 5 nitrogen and oxygen atoms in total. The first-order valence-electron chi connectivity index (χ1n) is 11.7. The molecule has 0 amide bonds. The summed E-state index contributed by atoms with van der Waals surface area (Å²) in [6.07, 6.45) is 2.42. The lowest BCUT2D eigenvalue weighted by atomic mass is 9.98. The summed E-state index contributed by atoms with van der Waals surface area (Å²) >= 11 is 3.54. The minimum absolute atomic E-state index is 0.149. The normalized spacial score (nSPS) is 11.1. The average Bonchev–Trinajstić information content (AvgIpc) is 3.18. The number of aryl methyl sites for hydroxylation is 3. The van der Waals surface area contributed by atoms with Crippen LogP contribution < -0.4 is 4.74 Å². The minimum atomic E-state index is -0.768. The van der Waals surface area contributed by atoms with Crippen LogP contribution in [0.25, 0.3) is 11.0 Å². The van der Waals surface area contributed by atoms with Crippen LogP contribution in [-0.4, -0.2) is 20.6 Å². The second-order valence-electron chi connectivity index (χ2n) is 8.35. The number of benzene rings is 3. The van der Waals surface area contributed by atoms with Gasteiger partial charge in [0, 0.05) is 22.9 Å². The Kier molecular flexibility index (Phi) is 7.68. The number of aliphatic carboxylic acids is 1. The minimum Gasteiger partial charge on any atom is -0.489 e. The van der Waals surface area contributed by atoms with Crippen molar-refractivity contribution >= 4 is 32.9 Å². The first-order chi connectivity index (χ1) is 16.5. The number of hydrogen-bond acceptors (Lipinski definition) is 3. The molecular weight excluding hydrogens is 492 g/mol. The van der Waals surface area contributed by atoms with Gasteiger partial charge < -0.3 is 14.4 Å². The lowest BCUT2D eigenvalue weighted by Gasteiger charge is -2.15. The first kappa shape index (κ1) is 24.0. The van der Waals surface area contributed by atoms with Gasteiger partial charge in [-0.1, -0.05) is 66.2 Å². The number of carboxylic acids is 1. The molecule has 4 aromatic rings. The van der Waals surface area contributed by atoms with Crippen molar-refractivity contribution in [2.45, 2.75) is 52.7 Å². The van der Waals surface area contributed by atoms with Crippen molar-refractivity contribution in [2.75, 3.05) is 0 Å². The highest BCUT2D eigenvalue weighted by atomic mass is 79.9. The Bertz CT molecular complexity index is 1310. The third-order valence-corrected chi connectivity index (χ3v) is 6.55. The average molecular weight is 521 g/mol. The number of halogens is 1. The molecule has 1 aromatic heterocycles. The van der Waals surface area contributed by atoms with E-state index in [4.69, 9.17) is 14.8 Å². The molecule has 1 heterocycles. The Morgan fingerprint density at radius 1 is 1.00 bits per heavy atom. The molecule has 34 heavy (non-hydrogen) atoms. The van der Waals surface area contributed by atoms with Gasteiger partial charge >= 0.3 is 5.97 Å². The lowest BCUT2D eigenvalue weighted by Crippen LogP contribution is -2.07. The molecule has 0 atom stereocenters. The van der Waals surface area contributed by atoms with E-state index in [0.29, 0.717) is 19.6 Å². The zero-order valence-corrected chi connectivity index (χ0v) is 21.1. The summed E-state index contributed by atoms with van der Waals surface area (Å²) in [6, 6.07) is 20.6. The first-order valence-corrected chi connectivity index (χ1v) is 12.5. The summed E-state index contributed by atoms with van der Waals surface area (Å²) in [5.41, 5.74) is 6.56. The summed E-state index contributed by atoms with van der Waals surface area (Å²) in [4.78, 5) is 15.8. The molecular formula is C28H29BrN2O3. The van der Waals surface area contributed by atoms with Gasteiger partial charge in [0.15, 0.2) is 0 Å². The van der Waals surface area contributed by atoms with E-state index in [2.05, 4.69) is 58.6 Å². The second-order valence-corrected chi connectivity index (χ2v) is 9.26. The van der Waals surface area contributed by atoms with Crippen LogP contribution in [0, 0.1) is 0 Å². The number of nitrogens with zero attached hydrogens (tertiary/aromatic N) is 2. The van der Waals surface area contributed by atoms with Crippen molar-refractivity contribution in [2.24, 2.45) is 0 Å². The number of para-hydroxylation sites is 1. The van der Waals surface area contributed by atoms with Gasteiger partial charge in [-0.05, 0) is 53.8 Å². The molecule has 0 aliphatic heterocycles. The fourth-order valence-corrected chi connectivity index (χ4v) is 4.64. The van der Waals surface area contributed by atoms with Gasteiger partial charge in [-0.25, -0.2) is 4.98 Å². The second kappa shape index (κ2) is 10.9. The Morgan fingerprint density at radius 2 is 1.82 bits per heavy atom. The number of carbonyl (C=O) groups is 1. The van der Waals surface area contributed by atoms with Crippen molar-refractivity contribution in [1.29, 1.82) is 0 Å². The van der Waals surface area contributed by atoms with Crippen molar-refractivity contribution < 1.29 is 14.6 Å². The maximum absolute atomic E-state index is 10.9. The molecule has 0 aliphatic rings. The van der Waals surface area contributed by atoms with Crippen LogP contribution >= 0.6 is 15.9 Å². The van der Waals surface area contributed by atoms with E-state index in [1.165, 1.54) is 5.56 Å². The maximum atomic E-state index is 10.9. The topological polar surface area (TPSA) is 64.4 Å². The van der Waals surface area contributed by atoms with E-state index in [-0.39, 0.29) is 6.42 Å². The van der Waals surface area contributed by atoms with Gasteiger partial charge in [0.2, 0.25) is 0 Å². The van der Waals surface area contributed by atoms with Crippen molar-refractivity contribution in [3.8, 4) is 5.75 Å². The SMILES string of the molecule is CCc1cc(COc2ccccc2Cn2c(CC)nc3cc(Br)ccc32)ccc1CCC(=O)O. The van der Waals surface area contributed by atoms with Gasteiger partial charge in [-0.15, -0.1) is 0 Å². The quantitative estimate of drug-likeness (QED) is 0.257. The van der Waals surface area contributed by atoms with Gasteiger partial charge in [0.05, 0.1) is 17.6 Å². The molecule has 0 aliphatic carbocycles. The fraction of sp³-hybridized carbons (Fsp3) is 0.286. The Balaban J connectivity index is 1.54. The smallest absolute Gasteiger partial charge is 0.303 e. The van der Waals surface area contributed by atoms with Crippen LogP contribution in [0.5, 0.6) is 5.75 Å². The molecule has 0 fully saturated rings. The van der Waals surface area contributed by atoms with E-state index in [0.717, 1.165) is 56.6 Å². The fourth-order valence-electron chi connectivity index (χ4n) is 4.29. The van der Waals surface area contributed by atoms with E-state index in [9.17, 15) is 4.79 Å². The van der Waals surface area contributed by atoms with Gasteiger partial charge in [0.25, 0.3) is 0 Å². The number of aromatic nitrogens is 2. The van der Waals surface area contributed by atoms with E-state index < -0.39 is 5.97 Å². The highest BCUT2D eigenvalue weighted by Gasteiger charge is 2.13. The summed E-state index contributed by atoms with van der Waals surface area (Å²) in [6.45, 7) is 5.37. The van der Waals surface area contributed by atoms with Crippen molar-refractivity contribution in [3.63, 3.8) is 0 Å². The molecule has 176 valence electrons. The van der Waals surface area contributed by atoms with Gasteiger partial charge in [0.1, 0.15) is 18.2 Å². The predicted octanol–water partition coefficient (Wildman–Crippen LogP) is 6.57. The standard InChI is InChI=1S/C28H29BrN2O3/c1-3-20-15-19(9-10-21(20)11-14-28(32)33)18-34-26-8-6-5-7-22(26)17-31-25-13-12-23(29)16-24(25)30-27(31)4-2/h5-10,12-13,15-16H,3-4,11,14,17-18H2,1-2H3,(H,32,33). The lowest BCUT2D eigenvalue weighted by molar-refractivity contribution is -0.136. The molecule has 0 unspecified atom stereocenters. The summed E-state index contributed by atoms with van der Waals surface area (Å²) < 4.78 is 9.56. The molecule has 4 rings (SSSR count). The molecule has 1 N–H and O–H groups in total. The Hall–Kier alpha value is -3.12. The van der Waals surface area contributed by atoms with Gasteiger partial charge in [-0.2, -0.15) is 0 Å². The van der Waals surface area contributed by atoms with Crippen LogP contribution in [0.2, 0.25) is 0 Å². The molecule has 0 radical (unpaired) electrons. The van der Waals surface area contributed by atoms with Crippen LogP contribution in [0.1, 0.15) is 48.3 Å². The highest BCUT2D eigenvalue weighted by molar-refractivity contribution is 9.10. The summed E-state index contributed by atoms with van der Waals surface area (Å²) in [7, 11) is 0. The molecule has 0 saturated carbocycles. The summed E-state index contributed by atoms with van der Waals surface area (Å²) in [5, 5.41) is 9.00. The van der Waals surface area contributed by atoms with E-state index >= 15 is 0 Å². The number of imidazole rings is 1. The maximum Gasteiger partial charge on any atom is 0.303 e. The zero-order chi connectivity index (χ0) is 24.1. The monoisotopic (exact) mass is 520 g/mol. The number of rotatable bonds is 10. The number of carboxylic acid groups (broad SMARTS) is 1. The van der Waals surface area contributed by atoms with Crippen LogP contribution in [0.15, 0.2) is 65.1 Å². The van der Waals surface area contributed by atoms with E-state index in [1.807, 2.05) is 36.4 Å². The van der Waals surface area contributed by atoms with Crippen molar-refractivity contribution in [3.05, 3.63) is 93.2 Å². The third kappa shape index (κ3) is 5.50. The zero-order valence-electron chi connectivity index (χ0n) is 19.6. The number of hydrogen-bond donors (Lipinski definition) is 1.